The fourth-order valence-electron chi connectivity index (χ4n) is 5.45. The highest BCUT2D eigenvalue weighted by Crippen LogP contribution is 2.47. The van der Waals surface area contributed by atoms with Crippen LogP contribution in [0.15, 0.2) is 54.7 Å². The molecule has 2 aliphatic rings. The Morgan fingerprint density at radius 3 is 2.63 bits per heavy atom. The van der Waals surface area contributed by atoms with Gasteiger partial charge < -0.3 is 20.3 Å². The first kappa shape index (κ1) is 24.4. The van der Waals surface area contributed by atoms with E-state index in [4.69, 9.17) is 4.74 Å². The van der Waals surface area contributed by atoms with Gasteiger partial charge in [-0.25, -0.2) is 9.78 Å². The third-order valence-electron chi connectivity index (χ3n) is 7.08. The quantitative estimate of drug-likeness (QED) is 0.322. The van der Waals surface area contributed by atoms with Crippen molar-refractivity contribution in [1.29, 1.82) is 0 Å². The number of nitrogens with zero attached hydrogens (tertiary/aromatic N) is 3. The normalized spacial score (nSPS) is 17.4. The van der Waals surface area contributed by atoms with Crippen LogP contribution in [0.1, 0.15) is 33.6 Å². The topological polar surface area (TPSA) is 86.8 Å². The summed E-state index contributed by atoms with van der Waals surface area (Å²) in [4.78, 5) is 36.6. The summed E-state index contributed by atoms with van der Waals surface area (Å²) in [7, 11) is 2.07. The number of rotatable bonds is 5. The Bertz CT molecular complexity index is 1530. The predicted octanol–water partition coefficient (Wildman–Crippen LogP) is 6.21. The first-order valence-electron chi connectivity index (χ1n) is 12.7. The van der Waals surface area contributed by atoms with Crippen LogP contribution in [0, 0.1) is 13.8 Å². The molecule has 4 heterocycles. The van der Waals surface area contributed by atoms with Gasteiger partial charge in [0.15, 0.2) is 0 Å². The molecule has 0 spiro atoms. The largest absolute Gasteiger partial charge is 0.457 e. The molecule has 0 unspecified atom stereocenters. The maximum atomic E-state index is 13.6. The number of para-hydroxylation sites is 1. The van der Waals surface area contributed by atoms with Crippen molar-refractivity contribution in [3.63, 3.8) is 0 Å². The summed E-state index contributed by atoms with van der Waals surface area (Å²) in [6.45, 7) is 5.79. The molecule has 9 heteroatoms. The number of aromatic nitrogens is 1. The fourth-order valence-corrected chi connectivity index (χ4v) is 6.48. The van der Waals surface area contributed by atoms with Crippen LogP contribution in [-0.4, -0.2) is 48.0 Å². The maximum Gasteiger partial charge on any atom is 0.331 e. The summed E-state index contributed by atoms with van der Waals surface area (Å²) < 4.78 is 6.05. The number of hydrogen-bond donors (Lipinski definition) is 2. The number of benzene rings is 2. The molecule has 8 nitrogen and oxygen atoms in total. The lowest BCUT2D eigenvalue weighted by Crippen LogP contribution is -2.46. The molecular formula is C29H29N5O3S. The number of likely N-dealkylation sites (N-methyl/N-ethyl adjacent to an activating group) is 1. The lowest BCUT2D eigenvalue weighted by molar-refractivity contribution is 0.0917. The van der Waals surface area contributed by atoms with Crippen LogP contribution in [-0.2, 0) is 0 Å². The second-order valence-corrected chi connectivity index (χ2v) is 11.0. The van der Waals surface area contributed by atoms with Gasteiger partial charge >= 0.3 is 6.03 Å². The summed E-state index contributed by atoms with van der Waals surface area (Å²) in [6, 6.07) is 15.1. The molecule has 3 amide bonds. The number of anilines is 3. The molecular weight excluding hydrogens is 498 g/mol. The van der Waals surface area contributed by atoms with Crippen molar-refractivity contribution in [2.75, 3.05) is 30.4 Å². The molecule has 4 aromatic rings. The summed E-state index contributed by atoms with van der Waals surface area (Å²) in [6.07, 6.45) is 3.69. The molecule has 0 radical (unpaired) electrons. The molecule has 0 aliphatic carbocycles. The zero-order valence-electron chi connectivity index (χ0n) is 21.6. The third kappa shape index (κ3) is 4.37. The minimum Gasteiger partial charge on any atom is -0.457 e. The zero-order chi connectivity index (χ0) is 26.4. The van der Waals surface area contributed by atoms with Crippen LogP contribution in [0.3, 0.4) is 0 Å². The van der Waals surface area contributed by atoms with E-state index >= 15 is 0 Å². The number of thiophene rings is 1. The summed E-state index contributed by atoms with van der Waals surface area (Å²) in [5, 5.41) is 6.97. The summed E-state index contributed by atoms with van der Waals surface area (Å²) >= 11 is 1.31. The molecule has 194 valence electrons. The van der Waals surface area contributed by atoms with Gasteiger partial charge in [-0.05, 0) is 81.7 Å². The minimum absolute atomic E-state index is 0.0869. The number of amides is 3. The number of pyridine rings is 1. The van der Waals surface area contributed by atoms with E-state index in [1.165, 1.54) is 11.3 Å². The summed E-state index contributed by atoms with van der Waals surface area (Å²) in [5.41, 5.74) is 3.83. The van der Waals surface area contributed by atoms with Crippen molar-refractivity contribution >= 4 is 50.6 Å². The van der Waals surface area contributed by atoms with Crippen LogP contribution in [0.5, 0.6) is 11.5 Å². The highest BCUT2D eigenvalue weighted by atomic mass is 32.1. The number of urea groups is 1. The van der Waals surface area contributed by atoms with E-state index in [9.17, 15) is 9.59 Å². The molecule has 38 heavy (non-hydrogen) atoms. The van der Waals surface area contributed by atoms with Crippen LogP contribution in [0.4, 0.5) is 21.9 Å². The molecule has 2 N–H and O–H groups in total. The fraction of sp³-hybridized carbons (Fsp3) is 0.276. The van der Waals surface area contributed by atoms with Gasteiger partial charge in [0, 0.05) is 18.8 Å². The van der Waals surface area contributed by atoms with Gasteiger partial charge in [0.1, 0.15) is 21.2 Å². The second kappa shape index (κ2) is 9.74. The molecule has 1 fully saturated rings. The SMILES string of the molecule is Cc1cc(Oc2ccccc2)cc(C)c1N1C(=O)Nc2c(C(=O)N[C@@H]3CCCN(C)C3)sc3nccc1c23. The molecule has 1 atom stereocenters. The van der Waals surface area contributed by atoms with E-state index in [1.807, 2.05) is 62.4 Å². The lowest BCUT2D eigenvalue weighted by atomic mass is 10.0. The number of hydrogen-bond acceptors (Lipinski definition) is 6. The average molecular weight is 528 g/mol. The van der Waals surface area contributed by atoms with Crippen molar-refractivity contribution < 1.29 is 14.3 Å². The van der Waals surface area contributed by atoms with Gasteiger partial charge in [0.05, 0.1) is 22.4 Å². The van der Waals surface area contributed by atoms with E-state index in [-0.39, 0.29) is 18.0 Å². The molecule has 2 aliphatic heterocycles. The van der Waals surface area contributed by atoms with Crippen LogP contribution in [0.2, 0.25) is 0 Å². The van der Waals surface area contributed by atoms with Gasteiger partial charge in [-0.1, -0.05) is 18.2 Å². The van der Waals surface area contributed by atoms with Crippen LogP contribution < -0.4 is 20.3 Å². The van der Waals surface area contributed by atoms with Crippen LogP contribution >= 0.6 is 11.3 Å². The zero-order valence-corrected chi connectivity index (χ0v) is 22.4. The summed E-state index contributed by atoms with van der Waals surface area (Å²) in [5.74, 6) is 1.28. The van der Waals surface area contributed by atoms with Gasteiger partial charge in [-0.3, -0.25) is 9.69 Å². The Balaban J connectivity index is 1.36. The molecule has 2 aromatic heterocycles. The number of aryl methyl sites for hydroxylation is 2. The van der Waals surface area contributed by atoms with E-state index in [0.717, 1.165) is 53.9 Å². The Labute approximate surface area is 225 Å². The van der Waals surface area contributed by atoms with Gasteiger partial charge in [-0.15, -0.1) is 11.3 Å². The predicted molar refractivity (Wildman–Crippen MR) is 151 cm³/mol. The first-order chi connectivity index (χ1) is 18.4. The standard InChI is InChI=1S/C29H29N5O3S/c1-17-14-21(37-20-9-5-4-6-10-20)15-18(2)25(17)34-22-11-12-30-28-23(22)24(32-29(34)36)26(38-28)27(35)31-19-8-7-13-33(3)16-19/h4-6,9-12,14-15,19H,7-8,13,16H2,1-3H3,(H,31,35)(H,32,36)/t19-/m1/s1. The average Bonchev–Trinajstić information content (AvgIpc) is 3.25. The number of nitrogens with one attached hydrogen (secondary N) is 2. The maximum absolute atomic E-state index is 13.6. The number of carbonyl (C=O) groups is 2. The van der Waals surface area contributed by atoms with Crippen molar-refractivity contribution in [2.45, 2.75) is 32.7 Å². The number of carbonyl (C=O) groups excluding carboxylic acids is 2. The number of likely N-dealkylation sites (tertiary alicyclic amines) is 1. The first-order valence-corrected chi connectivity index (χ1v) is 13.6. The highest BCUT2D eigenvalue weighted by Gasteiger charge is 2.34. The molecule has 0 saturated carbocycles. The highest BCUT2D eigenvalue weighted by molar-refractivity contribution is 7.21. The van der Waals surface area contributed by atoms with E-state index in [0.29, 0.717) is 26.8 Å². The van der Waals surface area contributed by atoms with E-state index in [2.05, 4.69) is 27.6 Å². The lowest BCUT2D eigenvalue weighted by Gasteiger charge is -2.31. The minimum atomic E-state index is -0.308. The van der Waals surface area contributed by atoms with Crippen LogP contribution in [0.25, 0.3) is 10.2 Å². The third-order valence-corrected chi connectivity index (χ3v) is 8.18. The van der Waals surface area contributed by atoms with Gasteiger partial charge in [-0.2, -0.15) is 0 Å². The van der Waals surface area contributed by atoms with Gasteiger partial charge in [0.2, 0.25) is 0 Å². The Hall–Kier alpha value is -3.95. The van der Waals surface area contributed by atoms with Crippen molar-refractivity contribution in [2.24, 2.45) is 0 Å². The Morgan fingerprint density at radius 2 is 1.89 bits per heavy atom. The molecule has 0 bridgehead atoms. The molecule has 2 aromatic carbocycles. The monoisotopic (exact) mass is 527 g/mol. The van der Waals surface area contributed by atoms with Crippen molar-refractivity contribution in [3.05, 3.63) is 70.7 Å². The van der Waals surface area contributed by atoms with Gasteiger partial charge in [0.25, 0.3) is 5.91 Å². The van der Waals surface area contributed by atoms with E-state index < -0.39 is 0 Å². The Morgan fingerprint density at radius 1 is 1.13 bits per heavy atom. The Kier molecular flexibility index (Phi) is 6.25. The molecule has 1 saturated heterocycles. The van der Waals surface area contributed by atoms with Crippen molar-refractivity contribution in [3.8, 4) is 11.5 Å². The number of ether oxygens (including phenoxy) is 1. The van der Waals surface area contributed by atoms with E-state index in [1.54, 1.807) is 11.1 Å². The second-order valence-electron chi connectivity index (χ2n) is 9.98. The smallest absolute Gasteiger partial charge is 0.331 e. The molecule has 6 rings (SSSR count). The van der Waals surface area contributed by atoms with Crippen molar-refractivity contribution in [1.82, 2.24) is 15.2 Å². The number of piperidine rings is 1.